The van der Waals surface area contributed by atoms with Crippen molar-refractivity contribution in [2.45, 2.75) is 32.6 Å². The number of rotatable bonds is 2. The third kappa shape index (κ3) is 1.79. The predicted molar refractivity (Wildman–Crippen MR) is 67.6 cm³/mol. The fourth-order valence-corrected chi connectivity index (χ4v) is 3.71. The maximum Gasteiger partial charge on any atom is 0.251 e. The molecule has 1 aliphatic carbocycles. The number of hydrogen-bond acceptors (Lipinski definition) is 4. The minimum atomic E-state index is -0.457. The molecule has 1 unspecified atom stereocenters. The standard InChI is InChI=1S/C12H15N3OS/c1-2-12(6-13)4-3-7-8(5-12)17-11(15)9(7)10(14)16/h2-5,15H2,1H3,(H2,14,16). The van der Waals surface area contributed by atoms with Crippen LogP contribution in [0.15, 0.2) is 0 Å². The Morgan fingerprint density at radius 2 is 2.35 bits per heavy atom. The van der Waals surface area contributed by atoms with Crippen molar-refractivity contribution in [3.05, 3.63) is 16.0 Å². The van der Waals surface area contributed by atoms with E-state index in [1.807, 2.05) is 6.92 Å². The molecule has 0 saturated carbocycles. The van der Waals surface area contributed by atoms with Gasteiger partial charge in [-0.1, -0.05) is 6.92 Å². The van der Waals surface area contributed by atoms with Crippen molar-refractivity contribution in [1.82, 2.24) is 0 Å². The van der Waals surface area contributed by atoms with Gasteiger partial charge in [0.15, 0.2) is 0 Å². The van der Waals surface area contributed by atoms with E-state index in [1.54, 1.807) is 0 Å². The molecule has 1 aliphatic rings. The van der Waals surface area contributed by atoms with E-state index in [2.05, 4.69) is 6.07 Å². The summed E-state index contributed by atoms with van der Waals surface area (Å²) < 4.78 is 0. The Bertz CT molecular complexity index is 515. The summed E-state index contributed by atoms with van der Waals surface area (Å²) in [5.74, 6) is -0.457. The number of nitrogens with zero attached hydrogens (tertiary/aromatic N) is 1. The number of thiophene rings is 1. The highest BCUT2D eigenvalue weighted by Crippen LogP contribution is 2.44. The molecule has 0 aromatic carbocycles. The molecule has 0 radical (unpaired) electrons. The van der Waals surface area contributed by atoms with E-state index in [-0.39, 0.29) is 5.41 Å². The highest BCUT2D eigenvalue weighted by molar-refractivity contribution is 7.16. The van der Waals surface area contributed by atoms with E-state index < -0.39 is 5.91 Å². The summed E-state index contributed by atoms with van der Waals surface area (Å²) in [4.78, 5) is 12.4. The van der Waals surface area contributed by atoms with Crippen molar-refractivity contribution >= 4 is 22.2 Å². The lowest BCUT2D eigenvalue weighted by Crippen LogP contribution is -2.27. The molecule has 4 N–H and O–H groups in total. The zero-order chi connectivity index (χ0) is 12.6. The molecule has 90 valence electrons. The van der Waals surface area contributed by atoms with E-state index in [9.17, 15) is 10.1 Å². The average Bonchev–Trinajstić information content (AvgIpc) is 2.63. The highest BCUT2D eigenvalue weighted by Gasteiger charge is 2.36. The van der Waals surface area contributed by atoms with Crippen molar-refractivity contribution in [2.24, 2.45) is 11.1 Å². The molecular weight excluding hydrogens is 234 g/mol. The van der Waals surface area contributed by atoms with Gasteiger partial charge in [-0.3, -0.25) is 4.79 Å². The number of amides is 1. The molecule has 2 rings (SSSR count). The first-order valence-corrected chi connectivity index (χ1v) is 6.45. The van der Waals surface area contributed by atoms with Gasteiger partial charge in [0.2, 0.25) is 0 Å². The summed E-state index contributed by atoms with van der Waals surface area (Å²) in [7, 11) is 0. The zero-order valence-corrected chi connectivity index (χ0v) is 10.6. The van der Waals surface area contributed by atoms with E-state index in [0.29, 0.717) is 17.0 Å². The Morgan fingerprint density at radius 1 is 1.65 bits per heavy atom. The fraction of sp³-hybridized carbons (Fsp3) is 0.500. The van der Waals surface area contributed by atoms with Gasteiger partial charge < -0.3 is 11.5 Å². The lowest BCUT2D eigenvalue weighted by molar-refractivity contribution is 0.1000. The number of anilines is 1. The molecule has 1 amide bonds. The number of primary amides is 1. The summed E-state index contributed by atoms with van der Waals surface area (Å²) >= 11 is 1.40. The van der Waals surface area contributed by atoms with Gasteiger partial charge in [0.25, 0.3) is 5.91 Å². The normalized spacial score (nSPS) is 22.8. The molecule has 0 saturated heterocycles. The van der Waals surface area contributed by atoms with Crippen LogP contribution in [-0.2, 0) is 12.8 Å². The second kappa shape index (κ2) is 4.04. The van der Waals surface area contributed by atoms with Gasteiger partial charge in [0.05, 0.1) is 22.0 Å². The second-order valence-corrected chi connectivity index (χ2v) is 5.67. The first-order valence-electron chi connectivity index (χ1n) is 5.64. The topological polar surface area (TPSA) is 92.9 Å². The Labute approximate surface area is 104 Å². The van der Waals surface area contributed by atoms with Gasteiger partial charge in [-0.05, 0) is 24.8 Å². The van der Waals surface area contributed by atoms with Gasteiger partial charge in [0.1, 0.15) is 0 Å². The number of nitrogen functional groups attached to an aromatic ring is 1. The Hall–Kier alpha value is -1.54. The van der Waals surface area contributed by atoms with Crippen LogP contribution in [0.2, 0.25) is 0 Å². The molecular formula is C12H15N3OS. The molecule has 0 spiro atoms. The van der Waals surface area contributed by atoms with Crippen LogP contribution in [-0.4, -0.2) is 5.91 Å². The van der Waals surface area contributed by atoms with E-state index in [1.165, 1.54) is 11.3 Å². The zero-order valence-electron chi connectivity index (χ0n) is 9.75. The quantitative estimate of drug-likeness (QED) is 0.837. The van der Waals surface area contributed by atoms with E-state index in [4.69, 9.17) is 11.5 Å². The van der Waals surface area contributed by atoms with E-state index >= 15 is 0 Å². The summed E-state index contributed by atoms with van der Waals surface area (Å²) in [6.07, 6.45) is 3.02. The van der Waals surface area contributed by atoms with Crippen LogP contribution >= 0.6 is 11.3 Å². The molecule has 1 atom stereocenters. The van der Waals surface area contributed by atoms with Crippen LogP contribution in [0.1, 0.15) is 40.6 Å². The fourth-order valence-electron chi connectivity index (χ4n) is 2.45. The molecule has 1 aromatic heterocycles. The Morgan fingerprint density at radius 3 is 2.88 bits per heavy atom. The third-order valence-electron chi connectivity index (χ3n) is 3.63. The maximum atomic E-state index is 11.3. The third-order valence-corrected chi connectivity index (χ3v) is 4.69. The minimum absolute atomic E-state index is 0.292. The van der Waals surface area contributed by atoms with Gasteiger partial charge in [-0.15, -0.1) is 11.3 Å². The summed E-state index contributed by atoms with van der Waals surface area (Å²) in [5.41, 5.74) is 12.3. The highest BCUT2D eigenvalue weighted by atomic mass is 32.1. The van der Waals surface area contributed by atoms with Gasteiger partial charge >= 0.3 is 0 Å². The Balaban J connectivity index is 2.46. The number of nitrogens with two attached hydrogens (primary N) is 2. The predicted octanol–water partition coefficient (Wildman–Crippen LogP) is 1.84. The molecule has 0 aliphatic heterocycles. The summed E-state index contributed by atoms with van der Waals surface area (Å²) in [6, 6.07) is 2.42. The minimum Gasteiger partial charge on any atom is -0.390 e. The molecule has 1 heterocycles. The van der Waals surface area contributed by atoms with Crippen LogP contribution in [0.25, 0.3) is 0 Å². The van der Waals surface area contributed by atoms with Gasteiger partial charge in [-0.25, -0.2) is 0 Å². The molecule has 1 aromatic rings. The number of carbonyl (C=O) groups is 1. The maximum absolute atomic E-state index is 11.3. The first kappa shape index (κ1) is 11.9. The number of nitriles is 1. The number of carbonyl (C=O) groups excluding carboxylic acids is 1. The van der Waals surface area contributed by atoms with Crippen LogP contribution in [0.5, 0.6) is 0 Å². The van der Waals surface area contributed by atoms with Crippen LogP contribution in [0.3, 0.4) is 0 Å². The van der Waals surface area contributed by atoms with Crippen LogP contribution < -0.4 is 11.5 Å². The Kier molecular flexibility index (Phi) is 2.84. The first-order chi connectivity index (χ1) is 8.03. The largest absolute Gasteiger partial charge is 0.390 e. The molecule has 4 nitrogen and oxygen atoms in total. The van der Waals surface area contributed by atoms with Crippen LogP contribution in [0.4, 0.5) is 5.00 Å². The van der Waals surface area contributed by atoms with E-state index in [0.717, 1.165) is 29.7 Å². The summed E-state index contributed by atoms with van der Waals surface area (Å²) in [6.45, 7) is 2.03. The molecule has 17 heavy (non-hydrogen) atoms. The average molecular weight is 249 g/mol. The smallest absolute Gasteiger partial charge is 0.251 e. The SMILES string of the molecule is CCC1(C#N)CCc2c(sc(N)c2C(N)=O)C1. The molecule has 0 bridgehead atoms. The molecule has 0 fully saturated rings. The molecule has 5 heteroatoms. The van der Waals surface area contributed by atoms with Crippen molar-refractivity contribution in [1.29, 1.82) is 5.26 Å². The lowest BCUT2D eigenvalue weighted by atomic mass is 9.73. The van der Waals surface area contributed by atoms with Gasteiger partial charge in [-0.2, -0.15) is 5.26 Å². The lowest BCUT2D eigenvalue weighted by Gasteiger charge is -2.29. The van der Waals surface area contributed by atoms with Gasteiger partial charge in [0, 0.05) is 11.3 Å². The summed E-state index contributed by atoms with van der Waals surface area (Å²) in [5, 5.41) is 9.78. The second-order valence-electron chi connectivity index (χ2n) is 4.53. The van der Waals surface area contributed by atoms with Crippen molar-refractivity contribution in [3.8, 4) is 6.07 Å². The van der Waals surface area contributed by atoms with Crippen LogP contribution in [0, 0.1) is 16.7 Å². The monoisotopic (exact) mass is 249 g/mol. The van der Waals surface area contributed by atoms with Crippen molar-refractivity contribution in [2.75, 3.05) is 5.73 Å². The number of hydrogen-bond donors (Lipinski definition) is 2. The van der Waals surface area contributed by atoms with Crippen molar-refractivity contribution in [3.63, 3.8) is 0 Å². The number of fused-ring (bicyclic) bond motifs is 1. The van der Waals surface area contributed by atoms with Crippen molar-refractivity contribution < 1.29 is 4.79 Å².